The van der Waals surface area contributed by atoms with Gasteiger partial charge < -0.3 is 19.9 Å². The van der Waals surface area contributed by atoms with Gasteiger partial charge in [-0.3, -0.25) is 0 Å². The Balaban J connectivity index is 1.26. The van der Waals surface area contributed by atoms with Crippen molar-refractivity contribution < 1.29 is 32.6 Å². The summed E-state index contributed by atoms with van der Waals surface area (Å²) in [5.74, 6) is -1.42. The van der Waals surface area contributed by atoms with Crippen LogP contribution < -0.4 is 10.1 Å². The third-order valence-corrected chi connectivity index (χ3v) is 11.6. The van der Waals surface area contributed by atoms with Crippen molar-refractivity contribution in [1.29, 1.82) is 0 Å². The minimum absolute atomic E-state index is 0.0101. The molecule has 1 aliphatic heterocycles. The van der Waals surface area contributed by atoms with E-state index in [2.05, 4.69) is 5.32 Å². The number of ether oxygens (including phenoxy) is 2. The molecule has 2 heterocycles. The van der Waals surface area contributed by atoms with Crippen LogP contribution in [-0.2, 0) is 25.3 Å². The predicted molar refractivity (Wildman–Crippen MR) is 172 cm³/mol. The van der Waals surface area contributed by atoms with Crippen LogP contribution in [0.2, 0.25) is 5.02 Å². The minimum atomic E-state index is -3.40. The molecule has 44 heavy (non-hydrogen) atoms. The van der Waals surface area contributed by atoms with Crippen molar-refractivity contribution in [2.75, 3.05) is 31.6 Å². The maximum absolute atomic E-state index is 13.1. The molecule has 2 N–H and O–H groups in total. The Morgan fingerprint density at radius 2 is 1.73 bits per heavy atom. The lowest BCUT2D eigenvalue weighted by Gasteiger charge is -2.32. The summed E-state index contributed by atoms with van der Waals surface area (Å²) in [5.41, 5.74) is 2.33. The standard InChI is InChI=1S/C32H37ClN2O7S2/c33-28-29(41-20-27(36)37)31(32(38)42-19-22-8-3-1-4-9-22)43-30(28)24-12-7-13-26(18-24)34-25-14-16-35(17-15-25)44(39,40)21-23-10-5-2-6-11-23/h2,5-7,10-13,18,22,25,34H,1,3-4,8-9,14-17,19-21H2,(H,36,37). The lowest BCUT2D eigenvalue weighted by atomic mass is 9.90. The summed E-state index contributed by atoms with van der Waals surface area (Å²) in [4.78, 5) is 25.1. The minimum Gasteiger partial charge on any atom is -0.479 e. The van der Waals surface area contributed by atoms with Crippen molar-refractivity contribution in [3.8, 4) is 16.2 Å². The molecule has 0 radical (unpaired) electrons. The van der Waals surface area contributed by atoms with Gasteiger partial charge in [0.05, 0.1) is 17.2 Å². The summed E-state index contributed by atoms with van der Waals surface area (Å²) in [5, 5.41) is 12.9. The number of piperidine rings is 1. The number of benzene rings is 2. The molecule has 0 unspecified atom stereocenters. The first-order chi connectivity index (χ1) is 21.2. The number of aliphatic carboxylic acids is 1. The molecule has 2 aromatic carbocycles. The highest BCUT2D eigenvalue weighted by Crippen LogP contribution is 2.46. The van der Waals surface area contributed by atoms with Crippen LogP contribution in [0.3, 0.4) is 0 Å². The predicted octanol–water partition coefficient (Wildman–Crippen LogP) is 6.68. The van der Waals surface area contributed by atoms with Gasteiger partial charge in [0.1, 0.15) is 5.02 Å². The molecule has 1 saturated heterocycles. The Labute approximate surface area is 267 Å². The highest BCUT2D eigenvalue weighted by atomic mass is 35.5. The zero-order valence-electron chi connectivity index (χ0n) is 24.4. The molecule has 2 aliphatic rings. The van der Waals surface area contributed by atoms with E-state index in [1.807, 2.05) is 54.6 Å². The second-order valence-electron chi connectivity index (χ2n) is 11.3. The number of thiophene rings is 1. The van der Waals surface area contributed by atoms with Gasteiger partial charge in [0.15, 0.2) is 17.2 Å². The van der Waals surface area contributed by atoms with Gasteiger partial charge in [0.2, 0.25) is 10.0 Å². The number of hydrogen-bond acceptors (Lipinski definition) is 8. The molecular weight excluding hydrogens is 624 g/mol. The van der Waals surface area contributed by atoms with Crippen LogP contribution in [0.5, 0.6) is 5.75 Å². The lowest BCUT2D eigenvalue weighted by molar-refractivity contribution is -0.139. The van der Waals surface area contributed by atoms with E-state index in [0.717, 1.165) is 53.8 Å². The van der Waals surface area contributed by atoms with Crippen LogP contribution in [0.15, 0.2) is 54.6 Å². The number of carbonyl (C=O) groups is 2. The van der Waals surface area contributed by atoms with Gasteiger partial charge in [0.25, 0.3) is 0 Å². The van der Waals surface area contributed by atoms with Crippen molar-refractivity contribution in [2.45, 2.75) is 56.7 Å². The summed E-state index contributed by atoms with van der Waals surface area (Å²) in [6.45, 7) is 0.535. The zero-order valence-corrected chi connectivity index (χ0v) is 26.8. The maximum atomic E-state index is 13.1. The maximum Gasteiger partial charge on any atom is 0.352 e. The molecule has 12 heteroatoms. The number of carboxylic acid groups (broad SMARTS) is 1. The lowest BCUT2D eigenvalue weighted by Crippen LogP contribution is -2.42. The van der Waals surface area contributed by atoms with Gasteiger partial charge in [-0.15, -0.1) is 11.3 Å². The summed E-state index contributed by atoms with van der Waals surface area (Å²) in [7, 11) is -3.40. The van der Waals surface area contributed by atoms with E-state index in [1.54, 1.807) is 4.31 Å². The Kier molecular flexibility index (Phi) is 10.8. The number of hydrogen-bond donors (Lipinski definition) is 2. The number of sulfonamides is 1. The first-order valence-electron chi connectivity index (χ1n) is 14.9. The van der Waals surface area contributed by atoms with Crippen LogP contribution in [0.25, 0.3) is 10.4 Å². The number of rotatable bonds is 12. The van der Waals surface area contributed by atoms with Crippen LogP contribution in [-0.4, -0.2) is 62.1 Å². The average Bonchev–Trinajstić information content (AvgIpc) is 3.36. The smallest absolute Gasteiger partial charge is 0.352 e. The number of halogens is 1. The van der Waals surface area contributed by atoms with Gasteiger partial charge in [-0.1, -0.05) is 73.3 Å². The molecule has 0 atom stereocenters. The Morgan fingerprint density at radius 3 is 2.43 bits per heavy atom. The van der Waals surface area contributed by atoms with Gasteiger partial charge in [0, 0.05) is 24.8 Å². The Bertz CT molecular complexity index is 1550. The van der Waals surface area contributed by atoms with E-state index < -0.39 is 28.6 Å². The van der Waals surface area contributed by atoms with Crippen LogP contribution >= 0.6 is 22.9 Å². The largest absolute Gasteiger partial charge is 0.479 e. The average molecular weight is 661 g/mol. The third kappa shape index (κ3) is 8.32. The van der Waals surface area contributed by atoms with E-state index in [9.17, 15) is 23.1 Å². The molecule has 1 aliphatic carbocycles. The monoisotopic (exact) mass is 660 g/mol. The Morgan fingerprint density at radius 1 is 1.00 bits per heavy atom. The fraction of sp³-hybridized carbons (Fsp3) is 0.438. The van der Waals surface area contributed by atoms with E-state index in [-0.39, 0.29) is 27.4 Å². The van der Waals surface area contributed by atoms with Gasteiger partial charge in [-0.2, -0.15) is 0 Å². The van der Waals surface area contributed by atoms with Crippen molar-refractivity contribution in [3.63, 3.8) is 0 Å². The second kappa shape index (κ2) is 14.8. The molecular formula is C32H37ClN2O7S2. The van der Waals surface area contributed by atoms with E-state index in [4.69, 9.17) is 21.1 Å². The number of carboxylic acids is 1. The molecule has 3 aromatic rings. The van der Waals surface area contributed by atoms with Gasteiger partial charge in [-0.25, -0.2) is 22.3 Å². The summed E-state index contributed by atoms with van der Waals surface area (Å²) in [6, 6.07) is 16.8. The SMILES string of the molecule is O=C(O)COc1c(C(=O)OCC2CCCCC2)sc(-c2cccc(NC3CCN(S(=O)(=O)Cc4ccccc4)CC3)c2)c1Cl. The van der Waals surface area contributed by atoms with Crippen molar-refractivity contribution in [2.24, 2.45) is 5.92 Å². The van der Waals surface area contributed by atoms with E-state index in [1.165, 1.54) is 6.42 Å². The fourth-order valence-electron chi connectivity index (χ4n) is 5.73. The van der Waals surface area contributed by atoms with Gasteiger partial charge >= 0.3 is 11.9 Å². The molecule has 236 valence electrons. The zero-order chi connectivity index (χ0) is 31.1. The number of carbonyl (C=O) groups excluding carboxylic acids is 1. The highest BCUT2D eigenvalue weighted by Gasteiger charge is 2.29. The first-order valence-corrected chi connectivity index (χ1v) is 17.7. The quantitative estimate of drug-likeness (QED) is 0.207. The fourth-order valence-corrected chi connectivity index (χ4v) is 8.75. The van der Waals surface area contributed by atoms with Crippen LogP contribution in [0.4, 0.5) is 5.69 Å². The molecule has 0 spiro atoms. The number of nitrogens with zero attached hydrogens (tertiary/aromatic N) is 1. The van der Waals surface area contributed by atoms with Gasteiger partial charge in [-0.05, 0) is 54.9 Å². The number of nitrogens with one attached hydrogen (secondary N) is 1. The topological polar surface area (TPSA) is 122 Å². The summed E-state index contributed by atoms with van der Waals surface area (Å²) < 4.78 is 38.6. The summed E-state index contributed by atoms with van der Waals surface area (Å²) in [6.07, 6.45) is 6.81. The number of esters is 1. The molecule has 2 fully saturated rings. The van der Waals surface area contributed by atoms with Crippen molar-refractivity contribution >= 4 is 50.6 Å². The molecule has 5 rings (SSSR count). The molecule has 1 saturated carbocycles. The normalized spacial score (nSPS) is 16.8. The van der Waals surface area contributed by atoms with E-state index in [0.29, 0.717) is 43.3 Å². The van der Waals surface area contributed by atoms with Crippen LogP contribution in [0.1, 0.15) is 60.2 Å². The first kappa shape index (κ1) is 32.3. The second-order valence-corrected chi connectivity index (χ2v) is 14.7. The van der Waals surface area contributed by atoms with Crippen molar-refractivity contribution in [1.82, 2.24) is 4.31 Å². The van der Waals surface area contributed by atoms with Crippen LogP contribution in [0, 0.1) is 5.92 Å². The molecule has 9 nitrogen and oxygen atoms in total. The highest BCUT2D eigenvalue weighted by molar-refractivity contribution is 7.88. The Hall–Kier alpha value is -3.12. The molecule has 0 bridgehead atoms. The molecule has 1 aromatic heterocycles. The summed E-state index contributed by atoms with van der Waals surface area (Å²) >= 11 is 7.82. The number of anilines is 1. The third-order valence-electron chi connectivity index (χ3n) is 8.04. The molecule has 0 amide bonds. The van der Waals surface area contributed by atoms with E-state index >= 15 is 0 Å². The van der Waals surface area contributed by atoms with Crippen molar-refractivity contribution in [3.05, 3.63) is 70.1 Å².